The number of aliphatic imine (C=N–C) groups is 1. The number of hydrogen-bond acceptors (Lipinski definition) is 5. The van der Waals surface area contributed by atoms with Crippen LogP contribution in [0.4, 0.5) is 0 Å². The molecule has 4 nitrogen and oxygen atoms in total. The van der Waals surface area contributed by atoms with Gasteiger partial charge in [0.25, 0.3) is 0 Å². The largest absolute Gasteiger partial charge is 0.421 e. The third kappa shape index (κ3) is 4.26. The molecule has 22 heavy (non-hydrogen) atoms. The van der Waals surface area contributed by atoms with Crippen molar-refractivity contribution in [2.75, 3.05) is 12.3 Å². The van der Waals surface area contributed by atoms with Crippen LogP contribution in [0.25, 0.3) is 0 Å². The minimum Gasteiger partial charge on any atom is -0.421 e. The zero-order chi connectivity index (χ0) is 15.3. The standard InChI is InChI=1S/C15H15N2O2PS2/c21-20(17-15-16-11-12-22-15,18-13-7-3-1-4-8-13)19-14-9-5-2-6-10-14/h1-10H,11-12H2,(H,16,17,21). The van der Waals surface area contributed by atoms with Crippen LogP contribution in [0.3, 0.4) is 0 Å². The van der Waals surface area contributed by atoms with E-state index in [1.165, 1.54) is 0 Å². The lowest BCUT2D eigenvalue weighted by Gasteiger charge is -2.24. The molecule has 0 atom stereocenters. The van der Waals surface area contributed by atoms with E-state index in [-0.39, 0.29) is 0 Å². The van der Waals surface area contributed by atoms with Crippen LogP contribution in [0.2, 0.25) is 0 Å². The summed E-state index contributed by atoms with van der Waals surface area (Å²) in [6, 6.07) is 18.9. The van der Waals surface area contributed by atoms with Gasteiger partial charge in [0.15, 0.2) is 5.17 Å². The van der Waals surface area contributed by atoms with Crippen LogP contribution in [0.1, 0.15) is 0 Å². The van der Waals surface area contributed by atoms with Gasteiger partial charge in [-0.2, -0.15) is 0 Å². The number of hydrogen-bond donors (Lipinski definition) is 1. The molecular weight excluding hydrogens is 335 g/mol. The molecule has 0 amide bonds. The Hall–Kier alpha value is -1.49. The molecule has 114 valence electrons. The van der Waals surface area contributed by atoms with Gasteiger partial charge in [-0.1, -0.05) is 48.2 Å². The average Bonchev–Trinajstić information content (AvgIpc) is 3.01. The van der Waals surface area contributed by atoms with E-state index in [0.29, 0.717) is 11.5 Å². The van der Waals surface area contributed by atoms with Crippen molar-refractivity contribution >= 4 is 35.4 Å². The van der Waals surface area contributed by atoms with Gasteiger partial charge in [0.1, 0.15) is 11.5 Å². The molecule has 0 bridgehead atoms. The van der Waals surface area contributed by atoms with Crippen LogP contribution in [0, 0.1) is 0 Å². The second-order valence-corrected chi connectivity index (χ2v) is 8.56. The Morgan fingerprint density at radius 2 is 1.50 bits per heavy atom. The molecule has 0 aromatic heterocycles. The second-order valence-electron chi connectivity index (χ2n) is 4.45. The molecular formula is C15H15N2O2PS2. The molecule has 1 heterocycles. The van der Waals surface area contributed by atoms with E-state index in [1.54, 1.807) is 11.8 Å². The van der Waals surface area contributed by atoms with E-state index < -0.39 is 6.64 Å². The molecule has 0 unspecified atom stereocenters. The van der Waals surface area contributed by atoms with Crippen LogP contribution in [0.5, 0.6) is 11.5 Å². The lowest BCUT2D eigenvalue weighted by atomic mass is 10.3. The molecule has 0 aliphatic carbocycles. The maximum Gasteiger partial charge on any atom is 0.394 e. The summed E-state index contributed by atoms with van der Waals surface area (Å²) < 4.78 is 11.9. The summed E-state index contributed by atoms with van der Waals surface area (Å²) in [6.45, 7) is -1.99. The number of thioether (sulfide) groups is 1. The van der Waals surface area contributed by atoms with Crippen molar-refractivity contribution in [3.05, 3.63) is 60.7 Å². The first-order valence-corrected chi connectivity index (χ1v) is 10.4. The fourth-order valence-electron chi connectivity index (χ4n) is 1.82. The minimum absolute atomic E-state index is 0.679. The molecule has 0 radical (unpaired) electrons. The van der Waals surface area contributed by atoms with E-state index in [1.807, 2.05) is 60.7 Å². The van der Waals surface area contributed by atoms with Crippen molar-refractivity contribution < 1.29 is 9.05 Å². The maximum atomic E-state index is 5.97. The second kappa shape index (κ2) is 7.18. The molecule has 1 aliphatic rings. The van der Waals surface area contributed by atoms with Crippen molar-refractivity contribution in [1.29, 1.82) is 0 Å². The average molecular weight is 350 g/mol. The van der Waals surface area contributed by atoms with Crippen molar-refractivity contribution in [3.63, 3.8) is 0 Å². The number of benzene rings is 2. The van der Waals surface area contributed by atoms with Gasteiger partial charge in [0, 0.05) is 17.6 Å². The Morgan fingerprint density at radius 3 is 1.95 bits per heavy atom. The van der Waals surface area contributed by atoms with E-state index in [4.69, 9.17) is 20.9 Å². The van der Waals surface area contributed by atoms with Gasteiger partial charge >= 0.3 is 6.64 Å². The number of nitrogens with zero attached hydrogens (tertiary/aromatic N) is 1. The monoisotopic (exact) mass is 350 g/mol. The predicted molar refractivity (Wildman–Crippen MR) is 96.3 cm³/mol. The molecule has 2 aromatic carbocycles. The van der Waals surface area contributed by atoms with E-state index in [9.17, 15) is 0 Å². The van der Waals surface area contributed by atoms with Crippen molar-refractivity contribution in [2.24, 2.45) is 4.99 Å². The first-order chi connectivity index (χ1) is 10.7. The number of nitrogens with one attached hydrogen (secondary N) is 1. The van der Waals surface area contributed by atoms with Crippen LogP contribution in [-0.2, 0) is 11.8 Å². The molecule has 1 aliphatic heterocycles. The summed E-state index contributed by atoms with van der Waals surface area (Å²) in [4.78, 5) is 4.37. The van der Waals surface area contributed by atoms with Gasteiger partial charge in [-0.15, -0.1) is 0 Å². The summed E-state index contributed by atoms with van der Waals surface area (Å²) in [7, 11) is 0. The fraction of sp³-hybridized carbons (Fsp3) is 0.133. The molecule has 0 saturated heterocycles. The highest BCUT2D eigenvalue weighted by atomic mass is 32.5. The normalized spacial score (nSPS) is 14.3. The highest BCUT2D eigenvalue weighted by Crippen LogP contribution is 2.45. The quantitative estimate of drug-likeness (QED) is 0.824. The number of amidine groups is 1. The molecule has 7 heteroatoms. The third-order valence-electron chi connectivity index (χ3n) is 2.76. The van der Waals surface area contributed by atoms with Crippen LogP contribution in [-0.4, -0.2) is 17.5 Å². The molecule has 1 N–H and O–H groups in total. The van der Waals surface area contributed by atoms with Gasteiger partial charge in [-0.05, 0) is 24.3 Å². The highest BCUT2D eigenvalue weighted by molar-refractivity contribution is 8.16. The summed E-state index contributed by atoms with van der Waals surface area (Å²) in [6.07, 6.45) is 0. The Bertz CT molecular complexity index is 650. The SMILES string of the molecule is S=P(NC1=NCCS1)(Oc1ccccc1)Oc1ccccc1. The molecule has 0 saturated carbocycles. The van der Waals surface area contributed by atoms with Crippen LogP contribution >= 0.6 is 18.4 Å². The lowest BCUT2D eigenvalue weighted by Crippen LogP contribution is -2.22. The summed E-state index contributed by atoms with van der Waals surface area (Å²) in [5.41, 5.74) is 0. The number of para-hydroxylation sites is 2. The first kappa shape index (κ1) is 15.4. The van der Waals surface area contributed by atoms with Gasteiger partial charge in [-0.25, -0.2) is 0 Å². The third-order valence-corrected chi connectivity index (χ3v) is 5.91. The van der Waals surface area contributed by atoms with Gasteiger partial charge < -0.3 is 9.05 Å². The van der Waals surface area contributed by atoms with Crippen molar-refractivity contribution in [1.82, 2.24) is 5.09 Å². The van der Waals surface area contributed by atoms with Crippen LogP contribution < -0.4 is 14.1 Å². The van der Waals surface area contributed by atoms with E-state index >= 15 is 0 Å². The van der Waals surface area contributed by atoms with Gasteiger partial charge in [0.05, 0.1) is 6.54 Å². The molecule has 0 fully saturated rings. The van der Waals surface area contributed by atoms with Gasteiger partial charge in [0.2, 0.25) is 0 Å². The summed E-state index contributed by atoms with van der Waals surface area (Å²) in [5, 5.41) is 3.97. The predicted octanol–water partition coefficient (Wildman–Crippen LogP) is 4.06. The maximum absolute atomic E-state index is 5.97. The van der Waals surface area contributed by atoms with Crippen LogP contribution in [0.15, 0.2) is 65.7 Å². The Morgan fingerprint density at radius 1 is 0.955 bits per heavy atom. The van der Waals surface area contributed by atoms with E-state index in [2.05, 4.69) is 10.1 Å². The minimum atomic E-state index is -2.78. The summed E-state index contributed by atoms with van der Waals surface area (Å²) >= 11 is 7.29. The first-order valence-electron chi connectivity index (χ1n) is 6.78. The Kier molecular flexibility index (Phi) is 5.03. The fourth-order valence-corrected chi connectivity index (χ4v) is 5.18. The lowest BCUT2D eigenvalue weighted by molar-refractivity contribution is 0.481. The summed E-state index contributed by atoms with van der Waals surface area (Å²) in [5.74, 6) is 2.31. The number of rotatable bonds is 5. The van der Waals surface area contributed by atoms with Gasteiger partial charge in [-0.3, -0.25) is 10.1 Å². The topological polar surface area (TPSA) is 42.9 Å². The zero-order valence-electron chi connectivity index (χ0n) is 11.7. The molecule has 0 spiro atoms. The Balaban J connectivity index is 1.82. The molecule has 3 rings (SSSR count). The zero-order valence-corrected chi connectivity index (χ0v) is 14.2. The Labute approximate surface area is 139 Å². The molecule has 2 aromatic rings. The smallest absolute Gasteiger partial charge is 0.394 e. The van der Waals surface area contributed by atoms with E-state index in [0.717, 1.165) is 17.5 Å². The van der Waals surface area contributed by atoms with Crippen molar-refractivity contribution in [3.8, 4) is 11.5 Å². The highest BCUT2D eigenvalue weighted by Gasteiger charge is 2.26. The van der Waals surface area contributed by atoms with Crippen molar-refractivity contribution in [2.45, 2.75) is 0 Å².